The lowest BCUT2D eigenvalue weighted by Crippen LogP contribution is -2.51. The molecule has 1 fully saturated rings. The van der Waals surface area contributed by atoms with E-state index < -0.39 is 5.60 Å². The number of ether oxygens (including phenoxy) is 1. The largest absolute Gasteiger partial charge is 0.444 e. The van der Waals surface area contributed by atoms with Gasteiger partial charge in [-0.05, 0) is 55.5 Å². The summed E-state index contributed by atoms with van der Waals surface area (Å²) in [5, 5.41) is 11.0. The standard InChI is InChI=1S/C17H22N6O3/c1-17(2,3)26-16(25)22-10-8-21(9-11-22)15(24)13-4-6-14(7-5-13)23-12-18-19-20-23/h4-7,12H,8-11H2,1-3H3. The van der Waals surface area contributed by atoms with Crippen LogP contribution in [0.25, 0.3) is 5.69 Å². The molecule has 0 radical (unpaired) electrons. The molecule has 1 aliphatic rings. The molecule has 0 atom stereocenters. The van der Waals surface area contributed by atoms with Crippen LogP contribution in [0.1, 0.15) is 31.1 Å². The van der Waals surface area contributed by atoms with Crippen molar-refractivity contribution in [3.05, 3.63) is 36.2 Å². The summed E-state index contributed by atoms with van der Waals surface area (Å²) in [5.41, 5.74) is 0.847. The molecule has 9 nitrogen and oxygen atoms in total. The molecule has 1 aromatic carbocycles. The van der Waals surface area contributed by atoms with Gasteiger partial charge in [-0.1, -0.05) is 0 Å². The summed E-state index contributed by atoms with van der Waals surface area (Å²) in [6.07, 6.45) is 1.16. The van der Waals surface area contributed by atoms with E-state index in [2.05, 4.69) is 15.5 Å². The highest BCUT2D eigenvalue weighted by Gasteiger charge is 2.28. The van der Waals surface area contributed by atoms with Gasteiger partial charge in [-0.15, -0.1) is 5.10 Å². The average molecular weight is 358 g/mol. The zero-order chi connectivity index (χ0) is 18.7. The Morgan fingerprint density at radius 1 is 1.00 bits per heavy atom. The molecular weight excluding hydrogens is 336 g/mol. The number of benzene rings is 1. The van der Waals surface area contributed by atoms with E-state index in [4.69, 9.17) is 4.74 Å². The number of carbonyl (C=O) groups is 2. The van der Waals surface area contributed by atoms with Gasteiger partial charge in [-0.3, -0.25) is 4.79 Å². The lowest BCUT2D eigenvalue weighted by atomic mass is 10.1. The molecule has 138 valence electrons. The second-order valence-corrected chi connectivity index (χ2v) is 7.06. The molecule has 0 aliphatic carbocycles. The summed E-state index contributed by atoms with van der Waals surface area (Å²) in [5.74, 6) is -0.0582. The molecule has 1 aromatic heterocycles. The fraction of sp³-hybridized carbons (Fsp3) is 0.471. The summed E-state index contributed by atoms with van der Waals surface area (Å²) < 4.78 is 6.89. The first-order valence-electron chi connectivity index (χ1n) is 8.44. The van der Waals surface area contributed by atoms with Gasteiger partial charge in [0.1, 0.15) is 11.9 Å². The van der Waals surface area contributed by atoms with Gasteiger partial charge in [0, 0.05) is 31.7 Å². The molecule has 3 rings (SSSR count). The first-order valence-corrected chi connectivity index (χ1v) is 8.44. The Kier molecular flexibility index (Phi) is 4.88. The second kappa shape index (κ2) is 7.11. The molecule has 1 aliphatic heterocycles. The normalized spacial score (nSPS) is 15.0. The van der Waals surface area contributed by atoms with Crippen molar-refractivity contribution in [2.24, 2.45) is 0 Å². The molecule has 0 bridgehead atoms. The van der Waals surface area contributed by atoms with Gasteiger partial charge in [-0.2, -0.15) is 0 Å². The first-order chi connectivity index (χ1) is 12.3. The van der Waals surface area contributed by atoms with E-state index in [1.54, 1.807) is 34.1 Å². The minimum absolute atomic E-state index is 0.0582. The predicted octanol–water partition coefficient (Wildman–Crippen LogP) is 1.36. The zero-order valence-corrected chi connectivity index (χ0v) is 15.1. The van der Waals surface area contributed by atoms with E-state index in [9.17, 15) is 9.59 Å². The average Bonchev–Trinajstić information content (AvgIpc) is 3.14. The van der Waals surface area contributed by atoms with Crippen LogP contribution in [0.5, 0.6) is 0 Å². The van der Waals surface area contributed by atoms with Crippen LogP contribution < -0.4 is 0 Å². The highest BCUT2D eigenvalue weighted by atomic mass is 16.6. The maximum Gasteiger partial charge on any atom is 0.410 e. The Morgan fingerprint density at radius 3 is 2.15 bits per heavy atom. The van der Waals surface area contributed by atoms with E-state index in [-0.39, 0.29) is 12.0 Å². The summed E-state index contributed by atoms with van der Waals surface area (Å²) in [6, 6.07) is 7.08. The monoisotopic (exact) mass is 358 g/mol. The lowest BCUT2D eigenvalue weighted by molar-refractivity contribution is 0.0141. The SMILES string of the molecule is CC(C)(C)OC(=O)N1CCN(C(=O)c2ccc(-n3cnnn3)cc2)CC1. The van der Waals surface area contributed by atoms with Crippen LogP contribution in [0.15, 0.2) is 30.6 Å². The van der Waals surface area contributed by atoms with Gasteiger partial charge >= 0.3 is 6.09 Å². The summed E-state index contributed by atoms with van der Waals surface area (Å²) in [4.78, 5) is 28.1. The number of hydrogen-bond acceptors (Lipinski definition) is 6. The third-order valence-corrected chi connectivity index (χ3v) is 3.95. The number of amides is 2. The number of carbonyl (C=O) groups excluding carboxylic acids is 2. The number of rotatable bonds is 2. The Balaban J connectivity index is 1.57. The number of aromatic nitrogens is 4. The van der Waals surface area contributed by atoms with Crippen molar-refractivity contribution in [2.75, 3.05) is 26.2 Å². The van der Waals surface area contributed by atoms with Gasteiger partial charge < -0.3 is 14.5 Å². The Labute approximate surface area is 151 Å². The van der Waals surface area contributed by atoms with Crippen LogP contribution >= 0.6 is 0 Å². The fourth-order valence-electron chi connectivity index (χ4n) is 2.64. The topological polar surface area (TPSA) is 93.5 Å². The van der Waals surface area contributed by atoms with E-state index in [1.165, 1.54) is 11.0 Å². The van der Waals surface area contributed by atoms with Crippen molar-refractivity contribution in [2.45, 2.75) is 26.4 Å². The summed E-state index contributed by atoms with van der Waals surface area (Å²) >= 11 is 0. The molecule has 0 spiro atoms. The molecule has 0 unspecified atom stereocenters. The second-order valence-electron chi connectivity index (χ2n) is 7.06. The molecule has 2 heterocycles. The van der Waals surface area contributed by atoms with Gasteiger partial charge in [0.2, 0.25) is 0 Å². The van der Waals surface area contributed by atoms with E-state index in [0.29, 0.717) is 31.7 Å². The molecule has 2 aromatic rings. The molecular formula is C17H22N6O3. The molecule has 0 N–H and O–H groups in total. The molecule has 9 heteroatoms. The minimum atomic E-state index is -0.522. The van der Waals surface area contributed by atoms with Crippen molar-refractivity contribution in [3.63, 3.8) is 0 Å². The fourth-order valence-corrected chi connectivity index (χ4v) is 2.64. The highest BCUT2D eigenvalue weighted by molar-refractivity contribution is 5.94. The molecule has 1 saturated heterocycles. The van der Waals surface area contributed by atoms with Crippen LogP contribution in [-0.2, 0) is 4.74 Å². The summed E-state index contributed by atoms with van der Waals surface area (Å²) in [6.45, 7) is 7.39. The maximum absolute atomic E-state index is 12.6. The predicted molar refractivity (Wildman–Crippen MR) is 92.9 cm³/mol. The number of piperazine rings is 1. The highest BCUT2D eigenvalue weighted by Crippen LogP contribution is 2.14. The third-order valence-electron chi connectivity index (χ3n) is 3.95. The van der Waals surface area contributed by atoms with Crippen molar-refractivity contribution < 1.29 is 14.3 Å². The van der Waals surface area contributed by atoms with E-state index >= 15 is 0 Å². The Morgan fingerprint density at radius 2 is 1.62 bits per heavy atom. The molecule has 2 amide bonds. The van der Waals surface area contributed by atoms with Crippen LogP contribution in [0.2, 0.25) is 0 Å². The van der Waals surface area contributed by atoms with Crippen molar-refractivity contribution in [1.29, 1.82) is 0 Å². The van der Waals surface area contributed by atoms with Crippen molar-refractivity contribution >= 4 is 12.0 Å². The molecule has 26 heavy (non-hydrogen) atoms. The van der Waals surface area contributed by atoms with E-state index in [1.807, 2.05) is 20.8 Å². The van der Waals surface area contributed by atoms with Crippen LogP contribution in [0.4, 0.5) is 4.79 Å². The first kappa shape index (κ1) is 17.8. The summed E-state index contributed by atoms with van der Waals surface area (Å²) in [7, 11) is 0. The van der Waals surface area contributed by atoms with Gasteiger partial charge in [0.25, 0.3) is 5.91 Å². The minimum Gasteiger partial charge on any atom is -0.444 e. The lowest BCUT2D eigenvalue weighted by Gasteiger charge is -2.35. The zero-order valence-electron chi connectivity index (χ0n) is 15.1. The number of tetrazole rings is 1. The quantitative estimate of drug-likeness (QED) is 0.805. The van der Waals surface area contributed by atoms with Crippen molar-refractivity contribution in [1.82, 2.24) is 30.0 Å². The third kappa shape index (κ3) is 4.16. The van der Waals surface area contributed by atoms with Crippen molar-refractivity contribution in [3.8, 4) is 5.69 Å². The molecule has 0 saturated carbocycles. The van der Waals surface area contributed by atoms with Gasteiger partial charge in [-0.25, -0.2) is 9.48 Å². The number of hydrogen-bond donors (Lipinski definition) is 0. The van der Waals surface area contributed by atoms with Crippen LogP contribution in [-0.4, -0.2) is 73.8 Å². The Bertz CT molecular complexity index is 759. The Hall–Kier alpha value is -2.97. The maximum atomic E-state index is 12.6. The van der Waals surface area contributed by atoms with Gasteiger partial charge in [0.15, 0.2) is 0 Å². The van der Waals surface area contributed by atoms with Crippen LogP contribution in [0.3, 0.4) is 0 Å². The van der Waals surface area contributed by atoms with E-state index in [0.717, 1.165) is 5.69 Å². The van der Waals surface area contributed by atoms with Gasteiger partial charge in [0.05, 0.1) is 5.69 Å². The smallest absolute Gasteiger partial charge is 0.410 e. The van der Waals surface area contributed by atoms with Crippen LogP contribution in [0, 0.1) is 0 Å². The number of nitrogens with zero attached hydrogens (tertiary/aromatic N) is 6.